The predicted molar refractivity (Wildman–Crippen MR) is 106 cm³/mol. The quantitative estimate of drug-likeness (QED) is 0.198. The van der Waals surface area contributed by atoms with Gasteiger partial charge in [0.2, 0.25) is 0 Å². The average molecular weight is 437 g/mol. The minimum atomic E-state index is 0. The van der Waals surface area contributed by atoms with E-state index < -0.39 is 0 Å². The minimum absolute atomic E-state index is 0. The molecule has 0 unspecified atom stereocenters. The Morgan fingerprint density at radius 2 is 2.30 bits per heavy atom. The van der Waals surface area contributed by atoms with Gasteiger partial charge in [-0.3, -0.25) is 4.99 Å². The van der Waals surface area contributed by atoms with Crippen molar-refractivity contribution in [1.82, 2.24) is 10.2 Å². The van der Waals surface area contributed by atoms with Crippen molar-refractivity contribution >= 4 is 29.9 Å². The second-order valence-electron chi connectivity index (χ2n) is 6.11. The van der Waals surface area contributed by atoms with E-state index in [1.54, 1.807) is 0 Å². The summed E-state index contributed by atoms with van der Waals surface area (Å²) in [6.07, 6.45) is 6.98. The zero-order valence-corrected chi connectivity index (χ0v) is 16.9. The first-order valence-corrected chi connectivity index (χ1v) is 8.62. The summed E-state index contributed by atoms with van der Waals surface area (Å²) in [6.45, 7) is 8.04. The Hall–Kier alpha value is -0.340. The summed E-state index contributed by atoms with van der Waals surface area (Å²) >= 11 is 0. The lowest BCUT2D eigenvalue weighted by molar-refractivity contribution is 0.115. The van der Waals surface area contributed by atoms with Crippen molar-refractivity contribution in [2.24, 2.45) is 10.9 Å². The molecule has 1 saturated carbocycles. The van der Waals surface area contributed by atoms with Gasteiger partial charge >= 0.3 is 0 Å². The third-order valence-electron chi connectivity index (χ3n) is 4.07. The van der Waals surface area contributed by atoms with Crippen LogP contribution in [0.4, 0.5) is 0 Å². The second-order valence-corrected chi connectivity index (χ2v) is 6.11. The number of halogens is 1. The largest absolute Gasteiger partial charge is 0.379 e. The fourth-order valence-electron chi connectivity index (χ4n) is 2.41. The monoisotopic (exact) mass is 437 g/mol. The zero-order chi connectivity index (χ0) is 15.6. The number of nitrogens with one attached hydrogen (secondary N) is 1. The fraction of sp³-hybridized carbons (Fsp3) is 0.824. The van der Waals surface area contributed by atoms with Crippen LogP contribution >= 0.6 is 24.0 Å². The molecule has 1 heterocycles. The maximum Gasteiger partial charge on any atom is 0.193 e. The topological polar surface area (TPSA) is 46.1 Å². The van der Waals surface area contributed by atoms with Crippen LogP contribution in [0.25, 0.3) is 0 Å². The molecule has 0 bridgehead atoms. The molecule has 1 fully saturated rings. The lowest BCUT2D eigenvalue weighted by Crippen LogP contribution is -2.40. The van der Waals surface area contributed by atoms with Crippen LogP contribution in [0.5, 0.6) is 0 Å². The minimum Gasteiger partial charge on any atom is -0.379 e. The number of hydrogen-bond donors (Lipinski definition) is 1. The van der Waals surface area contributed by atoms with Gasteiger partial charge in [0.15, 0.2) is 5.96 Å². The van der Waals surface area contributed by atoms with Crippen LogP contribution in [0.3, 0.4) is 0 Å². The third-order valence-corrected chi connectivity index (χ3v) is 4.07. The van der Waals surface area contributed by atoms with Gasteiger partial charge in [-0.05, 0) is 38.5 Å². The van der Waals surface area contributed by atoms with Crippen LogP contribution < -0.4 is 5.32 Å². The van der Waals surface area contributed by atoms with Crippen molar-refractivity contribution in [3.8, 4) is 0 Å². The van der Waals surface area contributed by atoms with Crippen LogP contribution in [-0.4, -0.2) is 64.0 Å². The van der Waals surface area contributed by atoms with Crippen LogP contribution in [-0.2, 0) is 9.47 Å². The van der Waals surface area contributed by atoms with Gasteiger partial charge in [-0.1, -0.05) is 11.6 Å². The lowest BCUT2D eigenvalue weighted by atomic mass is 10.1. The van der Waals surface area contributed by atoms with Gasteiger partial charge in [0, 0.05) is 33.3 Å². The molecule has 6 heteroatoms. The van der Waals surface area contributed by atoms with Crippen LogP contribution in [0.15, 0.2) is 16.6 Å². The van der Waals surface area contributed by atoms with Crippen LogP contribution in [0.1, 0.15) is 32.6 Å². The number of guanidine groups is 1. The number of likely N-dealkylation sites (N-methyl/N-ethyl adjacent to an activating group) is 1. The molecule has 5 nitrogen and oxygen atoms in total. The van der Waals surface area contributed by atoms with Gasteiger partial charge in [-0.25, -0.2) is 0 Å². The predicted octanol–water partition coefficient (Wildman–Crippen LogP) is 2.67. The van der Waals surface area contributed by atoms with Crippen molar-refractivity contribution in [1.29, 1.82) is 0 Å². The Morgan fingerprint density at radius 3 is 2.96 bits per heavy atom. The van der Waals surface area contributed by atoms with E-state index in [9.17, 15) is 0 Å². The maximum absolute atomic E-state index is 5.71. The van der Waals surface area contributed by atoms with Crippen molar-refractivity contribution < 1.29 is 9.47 Å². The van der Waals surface area contributed by atoms with E-state index in [2.05, 4.69) is 30.3 Å². The highest BCUT2D eigenvalue weighted by Gasteiger charge is 2.21. The first kappa shape index (κ1) is 20.7. The molecular formula is C17H32IN3O2. The highest BCUT2D eigenvalue weighted by Crippen LogP contribution is 2.28. The van der Waals surface area contributed by atoms with Crippen LogP contribution in [0, 0.1) is 5.92 Å². The molecule has 0 amide bonds. The Labute approximate surface area is 157 Å². The van der Waals surface area contributed by atoms with Gasteiger partial charge in [0.1, 0.15) is 0 Å². The molecule has 0 spiro atoms. The van der Waals surface area contributed by atoms with Gasteiger partial charge in [-0.15, -0.1) is 24.0 Å². The van der Waals surface area contributed by atoms with Gasteiger partial charge < -0.3 is 19.7 Å². The van der Waals surface area contributed by atoms with Gasteiger partial charge in [-0.2, -0.15) is 0 Å². The summed E-state index contributed by atoms with van der Waals surface area (Å²) in [5.41, 5.74) is 1.47. The summed E-state index contributed by atoms with van der Waals surface area (Å²) in [6, 6.07) is 0. The van der Waals surface area contributed by atoms with E-state index in [1.165, 1.54) is 18.4 Å². The summed E-state index contributed by atoms with van der Waals surface area (Å²) in [5.74, 6) is 1.81. The molecule has 23 heavy (non-hydrogen) atoms. The normalized spacial score (nSPS) is 18.2. The Bertz CT molecular complexity index is 384. The fourth-order valence-corrected chi connectivity index (χ4v) is 2.41. The van der Waals surface area contributed by atoms with E-state index in [4.69, 9.17) is 14.5 Å². The Balaban J connectivity index is 0.00000264. The first-order chi connectivity index (χ1) is 10.8. The smallest absolute Gasteiger partial charge is 0.193 e. The standard InChI is InChI=1S/C17H31N3O2.HI/c1-3-18-17(19-9-6-15-7-11-21-12-8-15)20(2)10-13-22-14-16-4-5-16;/h7,16H,3-6,8-14H2,1-2H3,(H,18,19);1H. The number of hydrogen-bond acceptors (Lipinski definition) is 3. The molecule has 1 aliphatic carbocycles. The molecule has 1 aliphatic heterocycles. The molecule has 1 N–H and O–H groups in total. The first-order valence-electron chi connectivity index (χ1n) is 8.62. The number of rotatable bonds is 9. The Morgan fingerprint density at radius 1 is 1.48 bits per heavy atom. The van der Waals surface area contributed by atoms with Gasteiger partial charge in [0.25, 0.3) is 0 Å². The number of aliphatic imine (C=N–C) groups is 1. The maximum atomic E-state index is 5.71. The molecule has 0 aromatic heterocycles. The van der Waals surface area contributed by atoms with Crippen molar-refractivity contribution in [3.05, 3.63) is 11.6 Å². The highest BCUT2D eigenvalue weighted by molar-refractivity contribution is 14.0. The molecule has 0 saturated heterocycles. The number of ether oxygens (including phenoxy) is 2. The average Bonchev–Trinajstić information content (AvgIpc) is 3.36. The summed E-state index contributed by atoms with van der Waals surface area (Å²) in [5, 5.41) is 3.36. The summed E-state index contributed by atoms with van der Waals surface area (Å²) in [4.78, 5) is 6.89. The van der Waals surface area contributed by atoms with Crippen LogP contribution in [0.2, 0.25) is 0 Å². The lowest BCUT2D eigenvalue weighted by Gasteiger charge is -2.22. The van der Waals surface area contributed by atoms with Crippen molar-refractivity contribution in [3.63, 3.8) is 0 Å². The van der Waals surface area contributed by atoms with E-state index >= 15 is 0 Å². The van der Waals surface area contributed by atoms with E-state index in [0.717, 1.165) is 70.8 Å². The molecular weight excluding hydrogens is 405 g/mol. The van der Waals surface area contributed by atoms with Gasteiger partial charge in [0.05, 0.1) is 19.8 Å². The molecule has 0 aromatic rings. The Kier molecular flexibility index (Phi) is 10.9. The summed E-state index contributed by atoms with van der Waals surface area (Å²) < 4.78 is 11.0. The van der Waals surface area contributed by atoms with E-state index in [1.807, 2.05) is 0 Å². The number of nitrogens with zero attached hydrogens (tertiary/aromatic N) is 2. The third kappa shape index (κ3) is 8.91. The molecule has 0 radical (unpaired) electrons. The molecule has 2 rings (SSSR count). The molecule has 134 valence electrons. The van der Waals surface area contributed by atoms with E-state index in [0.29, 0.717) is 0 Å². The second kappa shape index (κ2) is 12.1. The highest BCUT2D eigenvalue weighted by atomic mass is 127. The zero-order valence-electron chi connectivity index (χ0n) is 14.6. The molecule has 2 aliphatic rings. The molecule has 0 aromatic carbocycles. The summed E-state index contributed by atoms with van der Waals surface area (Å²) in [7, 11) is 2.08. The molecule has 0 atom stereocenters. The van der Waals surface area contributed by atoms with Crippen molar-refractivity contribution in [2.45, 2.75) is 32.6 Å². The van der Waals surface area contributed by atoms with Crippen molar-refractivity contribution in [2.75, 3.05) is 53.1 Å². The SMILES string of the molecule is CCNC(=NCCC1=CCOCC1)N(C)CCOCC1CC1.I. The van der Waals surface area contributed by atoms with E-state index in [-0.39, 0.29) is 24.0 Å².